The Bertz CT molecular complexity index is 394. The van der Waals surface area contributed by atoms with E-state index in [1.807, 2.05) is 13.1 Å². The Labute approximate surface area is 108 Å². The maximum atomic E-state index is 11.1. The van der Waals surface area contributed by atoms with Crippen LogP contribution in [0.3, 0.4) is 0 Å². The van der Waals surface area contributed by atoms with Crippen molar-refractivity contribution >= 4 is 17.5 Å². The number of aromatic nitrogens is 2. The zero-order chi connectivity index (χ0) is 13.4. The quantitative estimate of drug-likeness (QED) is 0.674. The lowest BCUT2D eigenvalue weighted by Crippen LogP contribution is -2.21. The zero-order valence-electron chi connectivity index (χ0n) is 11.2. The predicted octanol–water partition coefficient (Wildman–Crippen LogP) is 1.02. The van der Waals surface area contributed by atoms with Gasteiger partial charge in [0.2, 0.25) is 5.91 Å². The summed E-state index contributed by atoms with van der Waals surface area (Å²) in [5.41, 5.74) is 0. The summed E-state index contributed by atoms with van der Waals surface area (Å²) in [7, 11) is 3.46. The average molecular weight is 251 g/mol. The summed E-state index contributed by atoms with van der Waals surface area (Å²) in [6, 6.07) is 1.84. The van der Waals surface area contributed by atoms with Crippen LogP contribution in [0.1, 0.15) is 25.6 Å². The lowest BCUT2D eigenvalue weighted by molar-refractivity contribution is -0.120. The number of nitrogens with one attached hydrogen (secondary N) is 3. The van der Waals surface area contributed by atoms with E-state index in [0.29, 0.717) is 13.0 Å². The van der Waals surface area contributed by atoms with Gasteiger partial charge in [0.1, 0.15) is 17.5 Å². The molecule has 1 aromatic heterocycles. The van der Waals surface area contributed by atoms with Crippen molar-refractivity contribution in [2.75, 3.05) is 31.3 Å². The standard InChI is InChI=1S/C12H21N5O/c1-4-5-9-16-10(13-2)8-11(17-9)15-7-6-12(18)14-3/h8H,4-7H2,1-3H3,(H,14,18)(H2,13,15,16,17). The van der Waals surface area contributed by atoms with Crippen molar-refractivity contribution in [3.8, 4) is 0 Å². The molecule has 1 heterocycles. The summed E-state index contributed by atoms with van der Waals surface area (Å²) in [4.78, 5) is 19.9. The van der Waals surface area contributed by atoms with Crippen LogP contribution < -0.4 is 16.0 Å². The molecule has 6 nitrogen and oxygen atoms in total. The number of hydrogen-bond acceptors (Lipinski definition) is 5. The van der Waals surface area contributed by atoms with Crippen LogP contribution in [0, 0.1) is 0 Å². The van der Waals surface area contributed by atoms with Crippen LogP contribution in [0.4, 0.5) is 11.6 Å². The Morgan fingerprint density at radius 1 is 1.28 bits per heavy atom. The molecule has 18 heavy (non-hydrogen) atoms. The summed E-state index contributed by atoms with van der Waals surface area (Å²) in [5, 5.41) is 8.72. The minimum Gasteiger partial charge on any atom is -0.373 e. The molecular formula is C12H21N5O. The largest absolute Gasteiger partial charge is 0.373 e. The molecule has 0 unspecified atom stereocenters. The molecule has 0 radical (unpaired) electrons. The molecule has 1 rings (SSSR count). The summed E-state index contributed by atoms with van der Waals surface area (Å²) >= 11 is 0. The third-order valence-corrected chi connectivity index (χ3v) is 2.44. The van der Waals surface area contributed by atoms with Crippen LogP contribution in [0.2, 0.25) is 0 Å². The minimum atomic E-state index is 0.0131. The van der Waals surface area contributed by atoms with Gasteiger partial charge >= 0.3 is 0 Å². The van der Waals surface area contributed by atoms with Crippen LogP contribution in [-0.4, -0.2) is 36.5 Å². The minimum absolute atomic E-state index is 0.0131. The van der Waals surface area contributed by atoms with Crippen LogP contribution in [0.15, 0.2) is 6.07 Å². The molecule has 0 aliphatic heterocycles. The predicted molar refractivity (Wildman–Crippen MR) is 72.7 cm³/mol. The van der Waals surface area contributed by atoms with Crippen molar-refractivity contribution in [3.63, 3.8) is 0 Å². The number of aryl methyl sites for hydroxylation is 1. The summed E-state index contributed by atoms with van der Waals surface area (Å²) in [6.45, 7) is 2.65. The summed E-state index contributed by atoms with van der Waals surface area (Å²) < 4.78 is 0. The molecule has 1 amide bonds. The van der Waals surface area contributed by atoms with Gasteiger partial charge in [0.15, 0.2) is 0 Å². The third kappa shape index (κ3) is 4.57. The van der Waals surface area contributed by atoms with Gasteiger partial charge in [0.25, 0.3) is 0 Å². The fourth-order valence-corrected chi connectivity index (χ4v) is 1.48. The highest BCUT2D eigenvalue weighted by Crippen LogP contribution is 2.11. The van der Waals surface area contributed by atoms with Gasteiger partial charge in [-0.25, -0.2) is 9.97 Å². The second kappa shape index (κ2) is 7.47. The van der Waals surface area contributed by atoms with Crippen molar-refractivity contribution in [2.24, 2.45) is 0 Å². The van der Waals surface area contributed by atoms with Crippen LogP contribution in [0.25, 0.3) is 0 Å². The van der Waals surface area contributed by atoms with E-state index in [-0.39, 0.29) is 5.91 Å². The first kappa shape index (κ1) is 14.2. The van der Waals surface area contributed by atoms with Gasteiger partial charge in [0.05, 0.1) is 0 Å². The number of carbonyl (C=O) groups is 1. The first-order valence-electron chi connectivity index (χ1n) is 6.19. The Balaban J connectivity index is 2.63. The van der Waals surface area contributed by atoms with E-state index >= 15 is 0 Å². The molecule has 0 fully saturated rings. The van der Waals surface area contributed by atoms with E-state index in [9.17, 15) is 4.79 Å². The SMILES string of the molecule is CCCc1nc(NC)cc(NCCC(=O)NC)n1. The first-order valence-corrected chi connectivity index (χ1v) is 6.19. The molecule has 0 saturated heterocycles. The van der Waals surface area contributed by atoms with Gasteiger partial charge < -0.3 is 16.0 Å². The molecule has 6 heteroatoms. The van der Waals surface area contributed by atoms with E-state index in [4.69, 9.17) is 0 Å². The van der Waals surface area contributed by atoms with Crippen LogP contribution in [0.5, 0.6) is 0 Å². The number of nitrogens with zero attached hydrogens (tertiary/aromatic N) is 2. The number of amides is 1. The number of hydrogen-bond donors (Lipinski definition) is 3. The van der Waals surface area contributed by atoms with Gasteiger partial charge in [-0.05, 0) is 6.42 Å². The molecule has 0 aliphatic carbocycles. The highest BCUT2D eigenvalue weighted by Gasteiger charge is 2.04. The Morgan fingerprint density at radius 3 is 2.61 bits per heavy atom. The molecule has 0 bridgehead atoms. The normalized spacial score (nSPS) is 9.94. The maximum absolute atomic E-state index is 11.1. The van der Waals surface area contributed by atoms with Crippen molar-refractivity contribution in [3.05, 3.63) is 11.9 Å². The number of anilines is 2. The van der Waals surface area contributed by atoms with E-state index in [0.717, 1.165) is 30.3 Å². The van der Waals surface area contributed by atoms with Crippen molar-refractivity contribution in [1.29, 1.82) is 0 Å². The van der Waals surface area contributed by atoms with E-state index in [1.54, 1.807) is 7.05 Å². The molecule has 0 atom stereocenters. The van der Waals surface area contributed by atoms with Crippen molar-refractivity contribution in [1.82, 2.24) is 15.3 Å². The average Bonchev–Trinajstić information content (AvgIpc) is 2.38. The van der Waals surface area contributed by atoms with Gasteiger partial charge in [-0.3, -0.25) is 4.79 Å². The second-order valence-electron chi connectivity index (χ2n) is 3.90. The van der Waals surface area contributed by atoms with E-state index in [1.165, 1.54) is 0 Å². The molecule has 0 saturated carbocycles. The fourth-order valence-electron chi connectivity index (χ4n) is 1.48. The molecule has 0 spiro atoms. The van der Waals surface area contributed by atoms with E-state index in [2.05, 4.69) is 32.8 Å². The topological polar surface area (TPSA) is 78.9 Å². The zero-order valence-corrected chi connectivity index (χ0v) is 11.2. The molecule has 3 N–H and O–H groups in total. The Kier molecular flexibility index (Phi) is 5.90. The maximum Gasteiger partial charge on any atom is 0.221 e. The number of rotatable bonds is 7. The monoisotopic (exact) mass is 251 g/mol. The Hall–Kier alpha value is -1.85. The molecule has 1 aromatic rings. The van der Waals surface area contributed by atoms with Gasteiger partial charge in [0, 0.05) is 39.5 Å². The summed E-state index contributed by atoms with van der Waals surface area (Å²) in [6.07, 6.45) is 2.28. The number of carbonyl (C=O) groups excluding carboxylic acids is 1. The molecular weight excluding hydrogens is 230 g/mol. The molecule has 100 valence electrons. The lowest BCUT2D eigenvalue weighted by Gasteiger charge is -2.09. The fraction of sp³-hybridized carbons (Fsp3) is 0.583. The van der Waals surface area contributed by atoms with Crippen LogP contribution in [-0.2, 0) is 11.2 Å². The molecule has 0 aromatic carbocycles. The van der Waals surface area contributed by atoms with Crippen molar-refractivity contribution in [2.45, 2.75) is 26.2 Å². The third-order valence-electron chi connectivity index (χ3n) is 2.44. The highest BCUT2D eigenvalue weighted by molar-refractivity contribution is 5.76. The first-order chi connectivity index (χ1) is 8.69. The van der Waals surface area contributed by atoms with Crippen LogP contribution >= 0.6 is 0 Å². The van der Waals surface area contributed by atoms with Gasteiger partial charge in [-0.15, -0.1) is 0 Å². The lowest BCUT2D eigenvalue weighted by atomic mass is 10.3. The molecule has 0 aliphatic rings. The van der Waals surface area contributed by atoms with E-state index < -0.39 is 0 Å². The summed E-state index contributed by atoms with van der Waals surface area (Å²) in [5.74, 6) is 2.36. The highest BCUT2D eigenvalue weighted by atomic mass is 16.1. The van der Waals surface area contributed by atoms with Gasteiger partial charge in [-0.1, -0.05) is 6.92 Å². The van der Waals surface area contributed by atoms with Crippen molar-refractivity contribution < 1.29 is 4.79 Å². The van der Waals surface area contributed by atoms with Gasteiger partial charge in [-0.2, -0.15) is 0 Å². The smallest absolute Gasteiger partial charge is 0.221 e. The second-order valence-corrected chi connectivity index (χ2v) is 3.90. The Morgan fingerprint density at radius 2 is 2.00 bits per heavy atom.